The molecule has 0 spiro atoms. The third kappa shape index (κ3) is 2.17. The molecule has 0 aliphatic heterocycles. The van der Waals surface area contributed by atoms with E-state index in [9.17, 15) is 0 Å². The molecule has 0 fully saturated rings. The Morgan fingerprint density at radius 1 is 1.24 bits per heavy atom. The summed E-state index contributed by atoms with van der Waals surface area (Å²) in [6.45, 7) is 4.39. The molecule has 0 unspecified atom stereocenters. The van der Waals surface area contributed by atoms with E-state index in [1.165, 1.54) is 0 Å². The first-order valence-corrected chi connectivity index (χ1v) is 5.47. The molecule has 1 aromatic carbocycles. The van der Waals surface area contributed by atoms with Crippen LogP contribution in [0.15, 0.2) is 22.7 Å². The topological polar surface area (TPSA) is 61.3 Å². The summed E-state index contributed by atoms with van der Waals surface area (Å²) in [5, 5.41) is 4.02. The Morgan fingerprint density at radius 2 is 2.00 bits per heavy atom. The van der Waals surface area contributed by atoms with Gasteiger partial charge in [-0.1, -0.05) is 5.16 Å². The molecule has 0 radical (unpaired) electrons. The van der Waals surface area contributed by atoms with E-state index in [0.717, 1.165) is 28.1 Å². The fraction of sp³-hybridized carbons (Fsp3) is 0.308. The van der Waals surface area contributed by atoms with Gasteiger partial charge in [-0.3, -0.25) is 0 Å². The molecular weight excluding hydrogens is 216 g/mol. The fourth-order valence-corrected chi connectivity index (χ4v) is 1.82. The highest BCUT2D eigenvalue weighted by Gasteiger charge is 2.11. The summed E-state index contributed by atoms with van der Waals surface area (Å²) in [5.41, 5.74) is 9.54. The summed E-state index contributed by atoms with van der Waals surface area (Å²) < 4.78 is 10.4. The summed E-state index contributed by atoms with van der Waals surface area (Å²) in [6.07, 6.45) is 0. The van der Waals surface area contributed by atoms with Gasteiger partial charge >= 0.3 is 0 Å². The van der Waals surface area contributed by atoms with Crippen LogP contribution in [0.3, 0.4) is 0 Å². The van der Waals surface area contributed by atoms with Crippen molar-refractivity contribution in [3.63, 3.8) is 0 Å². The Balaban J connectivity index is 2.48. The first kappa shape index (κ1) is 11.7. The molecule has 0 aliphatic rings. The molecule has 90 valence electrons. The van der Waals surface area contributed by atoms with E-state index in [0.29, 0.717) is 12.3 Å². The van der Waals surface area contributed by atoms with Crippen molar-refractivity contribution >= 4 is 0 Å². The molecule has 2 aromatic rings. The SMILES string of the molecule is COc1cc(C)c(-c2cc(CN)on2)cc1C. The van der Waals surface area contributed by atoms with Gasteiger partial charge in [-0.05, 0) is 37.1 Å². The van der Waals surface area contributed by atoms with Gasteiger partial charge in [-0.15, -0.1) is 0 Å². The Hall–Kier alpha value is -1.81. The highest BCUT2D eigenvalue weighted by atomic mass is 16.5. The third-order valence-corrected chi connectivity index (χ3v) is 2.78. The molecule has 17 heavy (non-hydrogen) atoms. The van der Waals surface area contributed by atoms with Crippen molar-refractivity contribution in [3.05, 3.63) is 35.1 Å². The first-order chi connectivity index (χ1) is 8.15. The maximum absolute atomic E-state index is 5.50. The number of hydrogen-bond acceptors (Lipinski definition) is 4. The van der Waals surface area contributed by atoms with E-state index in [4.69, 9.17) is 15.0 Å². The second kappa shape index (κ2) is 4.59. The molecular formula is C13H16N2O2. The average Bonchev–Trinajstić information content (AvgIpc) is 2.80. The van der Waals surface area contributed by atoms with Gasteiger partial charge in [0.1, 0.15) is 11.4 Å². The van der Waals surface area contributed by atoms with Gasteiger partial charge in [0.25, 0.3) is 0 Å². The van der Waals surface area contributed by atoms with E-state index < -0.39 is 0 Å². The predicted molar refractivity (Wildman–Crippen MR) is 65.9 cm³/mol. The lowest BCUT2D eigenvalue weighted by atomic mass is 10.0. The largest absolute Gasteiger partial charge is 0.496 e. The van der Waals surface area contributed by atoms with Crippen molar-refractivity contribution in [2.24, 2.45) is 5.73 Å². The first-order valence-electron chi connectivity index (χ1n) is 5.47. The lowest BCUT2D eigenvalue weighted by Crippen LogP contribution is -1.93. The summed E-state index contributed by atoms with van der Waals surface area (Å²) in [6, 6.07) is 5.92. The van der Waals surface area contributed by atoms with Crippen molar-refractivity contribution in [3.8, 4) is 17.0 Å². The molecule has 0 saturated heterocycles. The van der Waals surface area contributed by atoms with Gasteiger partial charge in [-0.25, -0.2) is 0 Å². The van der Waals surface area contributed by atoms with E-state index in [1.54, 1.807) is 7.11 Å². The number of hydrogen-bond donors (Lipinski definition) is 1. The van der Waals surface area contributed by atoms with Crippen LogP contribution in [0.5, 0.6) is 5.75 Å². The van der Waals surface area contributed by atoms with E-state index in [1.807, 2.05) is 32.0 Å². The van der Waals surface area contributed by atoms with Crippen LogP contribution in [0.25, 0.3) is 11.3 Å². The van der Waals surface area contributed by atoms with E-state index in [-0.39, 0.29) is 0 Å². The van der Waals surface area contributed by atoms with Crippen LogP contribution < -0.4 is 10.5 Å². The zero-order valence-corrected chi connectivity index (χ0v) is 10.3. The van der Waals surface area contributed by atoms with Gasteiger partial charge < -0.3 is 15.0 Å². The van der Waals surface area contributed by atoms with Crippen LogP contribution in [0, 0.1) is 13.8 Å². The number of aryl methyl sites for hydroxylation is 2. The lowest BCUT2D eigenvalue weighted by Gasteiger charge is -2.09. The minimum atomic E-state index is 0.362. The van der Waals surface area contributed by atoms with Crippen LogP contribution in [0.2, 0.25) is 0 Å². The Morgan fingerprint density at radius 3 is 2.59 bits per heavy atom. The quantitative estimate of drug-likeness (QED) is 0.882. The van der Waals surface area contributed by atoms with Gasteiger partial charge in [0, 0.05) is 11.6 Å². The number of ether oxygens (including phenoxy) is 1. The van der Waals surface area contributed by atoms with Crippen molar-refractivity contribution in [1.82, 2.24) is 5.16 Å². The molecule has 0 atom stereocenters. The van der Waals surface area contributed by atoms with Crippen molar-refractivity contribution in [1.29, 1.82) is 0 Å². The standard InChI is InChI=1S/C13H16N2O2/c1-8-5-13(16-3)9(2)4-11(8)12-6-10(7-14)17-15-12/h4-6H,7,14H2,1-3H3. The van der Waals surface area contributed by atoms with Crippen molar-refractivity contribution < 1.29 is 9.26 Å². The van der Waals surface area contributed by atoms with E-state index >= 15 is 0 Å². The third-order valence-electron chi connectivity index (χ3n) is 2.78. The fourth-order valence-electron chi connectivity index (χ4n) is 1.82. The number of aromatic nitrogens is 1. The van der Waals surface area contributed by atoms with Gasteiger partial charge in [-0.2, -0.15) is 0 Å². The molecule has 0 saturated carbocycles. The number of methoxy groups -OCH3 is 1. The number of benzene rings is 1. The molecule has 2 rings (SSSR count). The van der Waals surface area contributed by atoms with Crippen molar-refractivity contribution in [2.45, 2.75) is 20.4 Å². The van der Waals surface area contributed by atoms with Crippen LogP contribution in [0.4, 0.5) is 0 Å². The Bertz CT molecular complexity index is 532. The van der Waals surface area contributed by atoms with Gasteiger partial charge in [0.2, 0.25) is 0 Å². The highest BCUT2D eigenvalue weighted by molar-refractivity contribution is 5.66. The second-order valence-electron chi connectivity index (χ2n) is 4.02. The molecule has 2 N–H and O–H groups in total. The minimum absolute atomic E-state index is 0.362. The van der Waals surface area contributed by atoms with Gasteiger partial charge in [0.15, 0.2) is 5.76 Å². The smallest absolute Gasteiger partial charge is 0.150 e. The normalized spacial score (nSPS) is 10.6. The van der Waals surface area contributed by atoms with Crippen LogP contribution in [-0.4, -0.2) is 12.3 Å². The highest BCUT2D eigenvalue weighted by Crippen LogP contribution is 2.29. The van der Waals surface area contributed by atoms with Gasteiger partial charge in [0.05, 0.1) is 13.7 Å². The van der Waals surface area contributed by atoms with Crippen molar-refractivity contribution in [2.75, 3.05) is 7.11 Å². The maximum atomic E-state index is 5.50. The minimum Gasteiger partial charge on any atom is -0.496 e. The summed E-state index contributed by atoms with van der Waals surface area (Å²) >= 11 is 0. The zero-order valence-electron chi connectivity index (χ0n) is 10.3. The summed E-state index contributed by atoms with van der Waals surface area (Å²) in [4.78, 5) is 0. The molecule has 1 aromatic heterocycles. The van der Waals surface area contributed by atoms with Crippen LogP contribution in [0.1, 0.15) is 16.9 Å². The molecule has 0 amide bonds. The average molecular weight is 232 g/mol. The zero-order chi connectivity index (χ0) is 12.4. The van der Waals surface area contributed by atoms with Crippen LogP contribution in [-0.2, 0) is 6.54 Å². The monoisotopic (exact) mass is 232 g/mol. The second-order valence-corrected chi connectivity index (χ2v) is 4.02. The molecule has 4 heteroatoms. The molecule has 1 heterocycles. The molecule has 0 bridgehead atoms. The van der Waals surface area contributed by atoms with Crippen LogP contribution >= 0.6 is 0 Å². The summed E-state index contributed by atoms with van der Waals surface area (Å²) in [5.74, 6) is 1.57. The summed E-state index contributed by atoms with van der Waals surface area (Å²) in [7, 11) is 1.67. The number of nitrogens with two attached hydrogens (primary N) is 1. The number of rotatable bonds is 3. The number of nitrogens with zero attached hydrogens (tertiary/aromatic N) is 1. The molecule has 0 aliphatic carbocycles. The maximum Gasteiger partial charge on any atom is 0.150 e. The lowest BCUT2D eigenvalue weighted by molar-refractivity contribution is 0.387. The van der Waals surface area contributed by atoms with E-state index in [2.05, 4.69) is 5.16 Å². The predicted octanol–water partition coefficient (Wildman–Crippen LogP) is 2.43. The Kier molecular flexibility index (Phi) is 3.15. The Labute approximate surface area is 100 Å². The molecule has 4 nitrogen and oxygen atoms in total.